The predicted octanol–water partition coefficient (Wildman–Crippen LogP) is 3.21. The summed E-state index contributed by atoms with van der Waals surface area (Å²) in [6.45, 7) is 12.7. The van der Waals surface area contributed by atoms with Crippen LogP contribution in [0.4, 0.5) is 29.3 Å². The van der Waals surface area contributed by atoms with Crippen LogP contribution in [0, 0.1) is 0 Å². The molecule has 2 aliphatic heterocycles. The summed E-state index contributed by atoms with van der Waals surface area (Å²) < 4.78 is 59.6. The van der Waals surface area contributed by atoms with Crippen LogP contribution in [0.15, 0.2) is 41.5 Å². The maximum Gasteiger partial charge on any atom is 0.431 e. The first-order valence-corrected chi connectivity index (χ1v) is 14.9. The molecule has 0 aromatic carbocycles. The lowest BCUT2D eigenvalue weighted by Crippen LogP contribution is -2.60. The van der Waals surface area contributed by atoms with Crippen LogP contribution < -0.4 is 21.1 Å². The lowest BCUT2D eigenvalue weighted by atomic mass is 9.89. The number of likely N-dealkylation sites (N-methyl/N-ethyl adjacent to an activating group) is 1. The van der Waals surface area contributed by atoms with E-state index < -0.39 is 39.9 Å². The van der Waals surface area contributed by atoms with Crippen molar-refractivity contribution in [3.63, 3.8) is 0 Å². The molecule has 3 aliphatic rings. The van der Waals surface area contributed by atoms with Crippen LogP contribution in [0.5, 0.6) is 0 Å². The highest BCUT2D eigenvalue weighted by Gasteiger charge is 2.44. The first-order chi connectivity index (χ1) is 20.7. The Kier molecular flexibility index (Phi) is 8.55. The highest BCUT2D eigenvalue weighted by Crippen LogP contribution is 2.40. The van der Waals surface area contributed by atoms with Gasteiger partial charge in [0, 0.05) is 45.3 Å². The highest BCUT2D eigenvalue weighted by molar-refractivity contribution is 6.23. The first-order valence-electron chi connectivity index (χ1n) is 14.4. The fraction of sp³-hybridized carbons (Fsp3) is 0.517. The van der Waals surface area contributed by atoms with Gasteiger partial charge in [-0.15, -0.1) is 11.6 Å². The molecule has 2 aromatic heterocycles. The Balaban J connectivity index is 1.72. The normalized spacial score (nSPS) is 23.1. The number of rotatable bonds is 7. The van der Waals surface area contributed by atoms with Crippen molar-refractivity contribution in [3.8, 4) is 0 Å². The summed E-state index contributed by atoms with van der Waals surface area (Å²) in [5, 5.41) is -1.23. The molecule has 5 rings (SSSR count). The van der Waals surface area contributed by atoms with Crippen LogP contribution in [0.25, 0.3) is 16.6 Å². The Morgan fingerprint density at radius 2 is 1.82 bits per heavy atom. The molecule has 44 heavy (non-hydrogen) atoms. The number of allylic oxidation sites excluding steroid dienone is 2. The van der Waals surface area contributed by atoms with Gasteiger partial charge in [0.25, 0.3) is 5.56 Å². The molecule has 2 saturated heterocycles. The number of hydrogen-bond donors (Lipinski definition) is 1. The summed E-state index contributed by atoms with van der Waals surface area (Å²) in [6, 6.07) is 0.987. The maximum absolute atomic E-state index is 15.3. The highest BCUT2D eigenvalue weighted by atomic mass is 35.5. The number of nitrogens with two attached hydrogens (primary N) is 1. The second-order valence-electron chi connectivity index (χ2n) is 11.3. The predicted molar refractivity (Wildman–Crippen MR) is 162 cm³/mol. The van der Waals surface area contributed by atoms with Crippen LogP contribution in [0.3, 0.4) is 0 Å². The van der Waals surface area contributed by atoms with E-state index in [9.17, 15) is 22.8 Å². The van der Waals surface area contributed by atoms with E-state index in [0.717, 1.165) is 25.2 Å². The molecular formula is C29H35ClF4N8O2. The van der Waals surface area contributed by atoms with Crippen molar-refractivity contribution in [2.45, 2.75) is 43.9 Å². The van der Waals surface area contributed by atoms with Crippen molar-refractivity contribution < 1.29 is 22.4 Å². The quantitative estimate of drug-likeness (QED) is 0.280. The summed E-state index contributed by atoms with van der Waals surface area (Å²) in [4.78, 5) is 42.9. The Labute approximate surface area is 257 Å². The van der Waals surface area contributed by atoms with Crippen LogP contribution in [0.2, 0.25) is 0 Å². The smallest absolute Gasteiger partial charge is 0.352 e. The van der Waals surface area contributed by atoms with Crippen LogP contribution in [-0.4, -0.2) is 99.6 Å². The van der Waals surface area contributed by atoms with Crippen molar-refractivity contribution >= 4 is 45.9 Å². The van der Waals surface area contributed by atoms with Gasteiger partial charge < -0.3 is 20.4 Å². The summed E-state index contributed by atoms with van der Waals surface area (Å²) in [7, 11) is 0. The molecule has 1 amide bonds. The van der Waals surface area contributed by atoms with Gasteiger partial charge in [-0.25, -0.2) is 9.37 Å². The molecular weight excluding hydrogens is 604 g/mol. The first kappa shape index (κ1) is 31.9. The maximum atomic E-state index is 15.3. The largest absolute Gasteiger partial charge is 0.431 e. The molecule has 2 aromatic rings. The third-order valence-corrected chi connectivity index (χ3v) is 9.21. The standard InChI is InChI=1S/C29H35ClF4N8O2/c1-5-22(43)39-10-12-40(13-11-39)25-18-14-21(29(32,33)34)42(24-19(31)8-9-20(30)28(24,4)35)26(44)23(18)36-27(37-25)41-15-17(16-41)38(6-2)7-3/h5,8-9,14,17,20H,1,6-7,10-13,15-16,35H2,2-4H3. The summed E-state index contributed by atoms with van der Waals surface area (Å²) >= 11 is 6.30. The molecule has 0 saturated carbocycles. The zero-order chi connectivity index (χ0) is 32.1. The van der Waals surface area contributed by atoms with Gasteiger partial charge in [-0.3, -0.25) is 19.1 Å². The van der Waals surface area contributed by atoms with E-state index in [0.29, 0.717) is 13.1 Å². The molecule has 2 unspecified atom stereocenters. The van der Waals surface area contributed by atoms with Crippen LogP contribution in [0.1, 0.15) is 26.5 Å². The molecule has 4 heterocycles. The van der Waals surface area contributed by atoms with Gasteiger partial charge in [-0.2, -0.15) is 18.2 Å². The molecule has 1 aliphatic carbocycles. The van der Waals surface area contributed by atoms with E-state index in [4.69, 9.17) is 17.3 Å². The monoisotopic (exact) mass is 638 g/mol. The molecule has 2 fully saturated rings. The van der Waals surface area contributed by atoms with Crippen molar-refractivity contribution in [3.05, 3.63) is 52.7 Å². The number of halogens is 5. The average molecular weight is 639 g/mol. The average Bonchev–Trinajstić information content (AvgIpc) is 2.96. The minimum Gasteiger partial charge on any atom is -0.352 e. The number of carbonyl (C=O) groups is 1. The molecule has 0 bridgehead atoms. The van der Waals surface area contributed by atoms with Gasteiger partial charge in [-0.1, -0.05) is 26.5 Å². The summed E-state index contributed by atoms with van der Waals surface area (Å²) in [6.07, 6.45) is -1.75. The van der Waals surface area contributed by atoms with Gasteiger partial charge in [0.2, 0.25) is 11.9 Å². The Hall–Kier alpha value is -3.49. The van der Waals surface area contributed by atoms with Crippen LogP contribution >= 0.6 is 11.6 Å². The van der Waals surface area contributed by atoms with Crippen molar-refractivity contribution in [1.82, 2.24) is 24.3 Å². The number of anilines is 2. The summed E-state index contributed by atoms with van der Waals surface area (Å²) in [5.74, 6) is -1.07. The van der Waals surface area contributed by atoms with Gasteiger partial charge in [0.15, 0.2) is 0 Å². The van der Waals surface area contributed by atoms with Crippen molar-refractivity contribution in [1.29, 1.82) is 0 Å². The van der Waals surface area contributed by atoms with E-state index in [1.807, 2.05) is 4.90 Å². The van der Waals surface area contributed by atoms with Gasteiger partial charge >= 0.3 is 6.18 Å². The Morgan fingerprint density at radius 3 is 2.39 bits per heavy atom. The fourth-order valence-electron chi connectivity index (χ4n) is 6.01. The number of amides is 1. The van der Waals surface area contributed by atoms with E-state index in [2.05, 4.69) is 35.3 Å². The Bertz CT molecular complexity index is 1590. The molecule has 2 atom stereocenters. The minimum atomic E-state index is -5.08. The fourth-order valence-corrected chi connectivity index (χ4v) is 6.19. The van der Waals surface area contributed by atoms with Crippen molar-refractivity contribution in [2.24, 2.45) is 5.73 Å². The summed E-state index contributed by atoms with van der Waals surface area (Å²) in [5.41, 5.74) is 0.781. The Morgan fingerprint density at radius 1 is 1.18 bits per heavy atom. The van der Waals surface area contributed by atoms with E-state index in [1.165, 1.54) is 19.1 Å². The molecule has 238 valence electrons. The number of hydrogen-bond acceptors (Lipinski definition) is 8. The molecule has 0 spiro atoms. The van der Waals surface area contributed by atoms with Gasteiger partial charge in [0.05, 0.1) is 22.0 Å². The van der Waals surface area contributed by atoms with Crippen LogP contribution in [-0.2, 0) is 11.0 Å². The minimum absolute atomic E-state index is 0.125. The topological polar surface area (TPSA) is 104 Å². The molecule has 15 heteroatoms. The number of fused-ring (bicyclic) bond motifs is 1. The second kappa shape index (κ2) is 11.8. The third kappa shape index (κ3) is 5.47. The SMILES string of the molecule is C=CC(=O)N1CCN(c2nc(N3CC(N(CC)CC)C3)nc3c(=O)n(C4=C(F)C=CC(Cl)C4(C)N)c(C(F)(F)F)cc23)CC1. The number of nitrogens with zero attached hydrogens (tertiary/aromatic N) is 7. The lowest BCUT2D eigenvalue weighted by Gasteiger charge is -2.45. The number of carbonyl (C=O) groups excluding carboxylic acids is 1. The number of aromatic nitrogens is 3. The lowest BCUT2D eigenvalue weighted by molar-refractivity contribution is -0.142. The number of piperazine rings is 1. The number of pyridine rings is 1. The van der Waals surface area contributed by atoms with Crippen molar-refractivity contribution in [2.75, 3.05) is 62.2 Å². The zero-order valence-electron chi connectivity index (χ0n) is 24.7. The molecule has 2 N–H and O–H groups in total. The van der Waals surface area contributed by atoms with Gasteiger partial charge in [0.1, 0.15) is 22.9 Å². The number of alkyl halides is 4. The zero-order valence-corrected chi connectivity index (χ0v) is 25.5. The third-order valence-electron chi connectivity index (χ3n) is 8.62. The second-order valence-corrected chi connectivity index (χ2v) is 11.8. The van der Waals surface area contributed by atoms with E-state index >= 15 is 4.39 Å². The molecule has 10 nitrogen and oxygen atoms in total. The molecule has 0 radical (unpaired) electrons. The van der Waals surface area contributed by atoms with E-state index in [-0.39, 0.29) is 65.4 Å². The van der Waals surface area contributed by atoms with E-state index in [1.54, 1.807) is 9.80 Å². The van der Waals surface area contributed by atoms with Gasteiger partial charge in [-0.05, 0) is 38.2 Å².